The molecule has 1 aromatic carbocycles. The molecule has 1 saturated heterocycles. The second kappa shape index (κ2) is 8.45. The molecule has 0 radical (unpaired) electrons. The number of imide groups is 1. The summed E-state index contributed by atoms with van der Waals surface area (Å²) in [6, 6.07) is 5.03. The predicted octanol–water partition coefficient (Wildman–Crippen LogP) is 2.84. The van der Waals surface area contributed by atoms with Gasteiger partial charge in [0.25, 0.3) is 5.91 Å². The van der Waals surface area contributed by atoms with Crippen molar-refractivity contribution in [1.82, 2.24) is 20.1 Å². The third-order valence-corrected chi connectivity index (χ3v) is 7.00. The van der Waals surface area contributed by atoms with Crippen LogP contribution in [-0.4, -0.2) is 62.3 Å². The van der Waals surface area contributed by atoms with Gasteiger partial charge in [0.2, 0.25) is 5.91 Å². The Hall–Kier alpha value is -3.36. The van der Waals surface area contributed by atoms with Crippen LogP contribution in [0.15, 0.2) is 24.3 Å². The summed E-state index contributed by atoms with van der Waals surface area (Å²) >= 11 is 0. The SMILES string of the molecule is CC(C)C[C@H](NC(=O)[C@H](C(C)C)N1C(=O)N2CCc3c([nH]c4ccccc34)[C@@]2(C)C1=O)C(=O)O. The highest BCUT2D eigenvalue weighted by Crippen LogP contribution is 2.45. The molecule has 2 aliphatic heterocycles. The Balaban J connectivity index is 1.71. The number of aromatic amines is 1. The van der Waals surface area contributed by atoms with Gasteiger partial charge in [-0.1, -0.05) is 45.9 Å². The molecule has 9 heteroatoms. The third-order valence-electron chi connectivity index (χ3n) is 7.00. The summed E-state index contributed by atoms with van der Waals surface area (Å²) in [6.45, 7) is 9.30. The van der Waals surface area contributed by atoms with Crippen molar-refractivity contribution >= 4 is 34.7 Å². The maximum absolute atomic E-state index is 13.9. The number of hydrogen-bond acceptors (Lipinski definition) is 4. The van der Waals surface area contributed by atoms with E-state index < -0.39 is 47.4 Å². The number of fused-ring (bicyclic) bond motifs is 5. The van der Waals surface area contributed by atoms with E-state index in [-0.39, 0.29) is 12.3 Å². The van der Waals surface area contributed by atoms with Crippen LogP contribution in [0.5, 0.6) is 0 Å². The normalized spacial score (nSPS) is 21.7. The number of carboxylic acids is 1. The Morgan fingerprint density at radius 3 is 2.47 bits per heavy atom. The molecule has 0 unspecified atom stereocenters. The summed E-state index contributed by atoms with van der Waals surface area (Å²) in [5, 5.41) is 13.2. The molecule has 3 atom stereocenters. The fourth-order valence-electron chi connectivity index (χ4n) is 5.33. The number of aromatic nitrogens is 1. The number of carbonyl (C=O) groups excluding carboxylic acids is 3. The molecule has 4 rings (SSSR count). The van der Waals surface area contributed by atoms with Crippen LogP contribution in [0.2, 0.25) is 0 Å². The van der Waals surface area contributed by atoms with Crippen LogP contribution in [0.25, 0.3) is 10.9 Å². The van der Waals surface area contributed by atoms with E-state index in [2.05, 4.69) is 10.3 Å². The van der Waals surface area contributed by atoms with Crippen LogP contribution in [-0.2, 0) is 26.3 Å². The highest BCUT2D eigenvalue weighted by Gasteiger charge is 2.61. The Kier molecular flexibility index (Phi) is 5.91. The van der Waals surface area contributed by atoms with E-state index in [0.29, 0.717) is 18.7 Å². The molecule has 2 aromatic rings. The van der Waals surface area contributed by atoms with E-state index in [1.165, 1.54) is 4.90 Å². The van der Waals surface area contributed by atoms with Crippen molar-refractivity contribution in [2.24, 2.45) is 11.8 Å². The maximum atomic E-state index is 13.9. The number of H-pyrrole nitrogens is 1. The minimum atomic E-state index is -1.26. The van der Waals surface area contributed by atoms with E-state index in [0.717, 1.165) is 21.4 Å². The molecular formula is C25H32N4O5. The molecule has 0 spiro atoms. The zero-order chi connectivity index (χ0) is 24.9. The quantitative estimate of drug-likeness (QED) is 0.539. The zero-order valence-electron chi connectivity index (χ0n) is 20.2. The number of benzene rings is 1. The number of hydrogen-bond donors (Lipinski definition) is 3. The minimum Gasteiger partial charge on any atom is -0.480 e. The van der Waals surface area contributed by atoms with E-state index in [1.54, 1.807) is 20.8 Å². The largest absolute Gasteiger partial charge is 0.480 e. The average Bonchev–Trinajstić information content (AvgIpc) is 3.23. The number of amides is 4. The second-order valence-corrected chi connectivity index (χ2v) is 10.2. The van der Waals surface area contributed by atoms with E-state index in [4.69, 9.17) is 0 Å². The lowest BCUT2D eigenvalue weighted by Crippen LogP contribution is -2.56. The molecule has 4 amide bonds. The molecule has 1 fully saturated rings. The zero-order valence-corrected chi connectivity index (χ0v) is 20.2. The maximum Gasteiger partial charge on any atom is 0.328 e. The van der Waals surface area contributed by atoms with Crippen LogP contribution in [0.4, 0.5) is 4.79 Å². The van der Waals surface area contributed by atoms with Crippen LogP contribution in [0.1, 0.15) is 52.3 Å². The van der Waals surface area contributed by atoms with Gasteiger partial charge in [-0.25, -0.2) is 14.5 Å². The first-order valence-corrected chi connectivity index (χ1v) is 11.8. The monoisotopic (exact) mass is 468 g/mol. The fraction of sp³-hybridized carbons (Fsp3) is 0.520. The lowest BCUT2D eigenvalue weighted by Gasteiger charge is -2.36. The highest BCUT2D eigenvalue weighted by atomic mass is 16.4. The summed E-state index contributed by atoms with van der Waals surface area (Å²) in [5.74, 6) is -2.62. The van der Waals surface area contributed by atoms with Gasteiger partial charge < -0.3 is 20.3 Å². The summed E-state index contributed by atoms with van der Waals surface area (Å²) < 4.78 is 0. The average molecular weight is 469 g/mol. The molecule has 0 aliphatic carbocycles. The van der Waals surface area contributed by atoms with Crippen molar-refractivity contribution in [2.45, 2.75) is 65.1 Å². The predicted molar refractivity (Wildman–Crippen MR) is 126 cm³/mol. The van der Waals surface area contributed by atoms with Crippen LogP contribution >= 0.6 is 0 Å². The molecule has 0 saturated carbocycles. The molecule has 3 heterocycles. The Bertz CT molecular complexity index is 1170. The van der Waals surface area contributed by atoms with E-state index in [9.17, 15) is 24.3 Å². The topological polar surface area (TPSA) is 123 Å². The number of urea groups is 1. The second-order valence-electron chi connectivity index (χ2n) is 10.2. The summed E-state index contributed by atoms with van der Waals surface area (Å²) in [6.07, 6.45) is 0.839. The number of nitrogens with zero attached hydrogens (tertiary/aromatic N) is 2. The first-order valence-electron chi connectivity index (χ1n) is 11.8. The molecule has 34 heavy (non-hydrogen) atoms. The highest BCUT2D eigenvalue weighted by molar-refractivity contribution is 6.11. The van der Waals surface area contributed by atoms with Gasteiger partial charge in [-0.15, -0.1) is 0 Å². The first kappa shape index (κ1) is 23.8. The molecular weight excluding hydrogens is 436 g/mol. The van der Waals surface area contributed by atoms with Crippen LogP contribution in [0, 0.1) is 11.8 Å². The molecule has 9 nitrogen and oxygen atoms in total. The summed E-state index contributed by atoms with van der Waals surface area (Å²) in [4.78, 5) is 58.4. The first-order chi connectivity index (χ1) is 16.0. The summed E-state index contributed by atoms with van der Waals surface area (Å²) in [7, 11) is 0. The van der Waals surface area contributed by atoms with Gasteiger partial charge in [0.1, 0.15) is 12.1 Å². The summed E-state index contributed by atoms with van der Waals surface area (Å²) in [5.41, 5.74) is 1.31. The lowest BCUT2D eigenvalue weighted by atomic mass is 9.86. The lowest BCUT2D eigenvalue weighted by molar-refractivity contribution is -0.145. The Labute approximate surface area is 198 Å². The number of carbonyl (C=O) groups is 4. The number of rotatable bonds is 7. The van der Waals surface area contributed by atoms with Crippen molar-refractivity contribution in [2.75, 3.05) is 6.54 Å². The molecule has 182 valence electrons. The van der Waals surface area contributed by atoms with Crippen molar-refractivity contribution in [1.29, 1.82) is 0 Å². The Morgan fingerprint density at radius 1 is 1.18 bits per heavy atom. The van der Waals surface area contributed by atoms with Crippen LogP contribution in [0.3, 0.4) is 0 Å². The third kappa shape index (κ3) is 3.54. The van der Waals surface area contributed by atoms with Gasteiger partial charge in [-0.2, -0.15) is 0 Å². The molecule has 0 bridgehead atoms. The number of nitrogens with one attached hydrogen (secondary N) is 2. The van der Waals surface area contributed by atoms with Gasteiger partial charge in [0.05, 0.1) is 5.69 Å². The van der Waals surface area contributed by atoms with Gasteiger partial charge in [-0.05, 0) is 43.2 Å². The standard InChI is InChI=1S/C25H32N4O5/c1-13(2)12-18(22(31)32)27-21(30)19(14(3)4)29-23(33)25(5)20-16(10-11-28(25)24(29)34)15-8-6-7-9-17(15)26-20/h6-9,13-14,18-19,26H,10-12H2,1-5H3,(H,27,30)(H,31,32)/t18-,19-,25-/m0/s1. The molecule has 3 N–H and O–H groups in total. The number of aliphatic carboxylic acids is 1. The van der Waals surface area contributed by atoms with Crippen molar-refractivity contribution in [3.8, 4) is 0 Å². The van der Waals surface area contributed by atoms with Gasteiger partial charge >= 0.3 is 12.0 Å². The molecule has 2 aliphatic rings. The fourth-order valence-corrected chi connectivity index (χ4v) is 5.33. The molecule has 1 aromatic heterocycles. The smallest absolute Gasteiger partial charge is 0.328 e. The van der Waals surface area contributed by atoms with Crippen molar-refractivity contribution < 1.29 is 24.3 Å². The Morgan fingerprint density at radius 2 is 1.85 bits per heavy atom. The van der Waals surface area contributed by atoms with Crippen molar-refractivity contribution in [3.63, 3.8) is 0 Å². The van der Waals surface area contributed by atoms with E-state index >= 15 is 0 Å². The van der Waals surface area contributed by atoms with Crippen LogP contribution < -0.4 is 5.32 Å². The van der Waals surface area contributed by atoms with E-state index in [1.807, 2.05) is 38.1 Å². The number of para-hydroxylation sites is 1. The van der Waals surface area contributed by atoms with Gasteiger partial charge in [0, 0.05) is 17.4 Å². The van der Waals surface area contributed by atoms with Gasteiger partial charge in [0.15, 0.2) is 5.54 Å². The van der Waals surface area contributed by atoms with Gasteiger partial charge in [-0.3, -0.25) is 9.59 Å². The number of carboxylic acid groups (broad SMARTS) is 1. The van der Waals surface area contributed by atoms with Crippen molar-refractivity contribution in [3.05, 3.63) is 35.5 Å². The minimum absolute atomic E-state index is 0.0438.